The van der Waals surface area contributed by atoms with E-state index in [-0.39, 0.29) is 55.1 Å². The zero-order valence-corrected chi connectivity index (χ0v) is 19.0. The van der Waals surface area contributed by atoms with E-state index in [0.29, 0.717) is 16.9 Å². The molecule has 1 aliphatic rings. The number of nitrogens with zero attached hydrogens (tertiary/aromatic N) is 2. The molecule has 1 aliphatic carbocycles. The number of carboxylic acid groups (broad SMARTS) is 1. The summed E-state index contributed by atoms with van der Waals surface area (Å²) in [4.78, 5) is 24.3. The first-order valence-corrected chi connectivity index (χ1v) is 11.2. The Kier molecular flexibility index (Phi) is 6.56. The van der Waals surface area contributed by atoms with Crippen LogP contribution in [-0.2, 0) is 6.54 Å². The van der Waals surface area contributed by atoms with Crippen molar-refractivity contribution in [2.45, 2.75) is 51.0 Å². The number of halogens is 3. The van der Waals surface area contributed by atoms with Gasteiger partial charge in [0, 0.05) is 30.9 Å². The summed E-state index contributed by atoms with van der Waals surface area (Å²) in [5, 5.41) is 16.8. The van der Waals surface area contributed by atoms with Gasteiger partial charge in [-0.25, -0.2) is 22.6 Å². The van der Waals surface area contributed by atoms with Crippen LogP contribution in [0.2, 0.25) is 0 Å². The number of aromatic carboxylic acids is 1. The molecule has 1 amide bonds. The lowest BCUT2D eigenvalue weighted by molar-refractivity contribution is -0.0384. The summed E-state index contributed by atoms with van der Waals surface area (Å²) in [5.74, 6) is -5.25. The lowest BCUT2D eigenvalue weighted by atomic mass is 9.84. The van der Waals surface area contributed by atoms with Crippen molar-refractivity contribution >= 4 is 17.6 Å². The smallest absolute Gasteiger partial charge is 0.356 e. The Labute approximate surface area is 199 Å². The van der Waals surface area contributed by atoms with Crippen molar-refractivity contribution in [3.63, 3.8) is 0 Å². The van der Waals surface area contributed by atoms with E-state index < -0.39 is 23.6 Å². The summed E-state index contributed by atoms with van der Waals surface area (Å²) in [7, 11) is 0. The number of carboxylic acids is 1. The van der Waals surface area contributed by atoms with Crippen LogP contribution in [0, 0.1) is 12.7 Å². The van der Waals surface area contributed by atoms with Crippen molar-refractivity contribution in [1.29, 1.82) is 0 Å². The predicted molar refractivity (Wildman–Crippen MR) is 123 cm³/mol. The molecule has 0 atom stereocenters. The number of hydrogen-bond donors (Lipinski definition) is 3. The monoisotopic (exact) mass is 486 g/mol. The second-order valence-corrected chi connectivity index (χ2v) is 8.80. The Hall–Kier alpha value is -3.82. The molecule has 1 aromatic heterocycles. The maximum Gasteiger partial charge on any atom is 0.356 e. The lowest BCUT2D eigenvalue weighted by Crippen LogP contribution is -2.24. The molecule has 0 bridgehead atoms. The largest absolute Gasteiger partial charge is 0.476 e. The highest BCUT2D eigenvalue weighted by molar-refractivity contribution is 5.95. The molecular formula is C25H25F3N4O3. The van der Waals surface area contributed by atoms with E-state index >= 15 is 0 Å². The first kappa shape index (κ1) is 24.3. The van der Waals surface area contributed by atoms with Crippen LogP contribution < -0.4 is 11.1 Å². The van der Waals surface area contributed by atoms with Crippen molar-refractivity contribution in [3.05, 3.63) is 76.4 Å². The number of benzene rings is 2. The number of amides is 1. The van der Waals surface area contributed by atoms with E-state index in [1.807, 2.05) is 0 Å². The molecule has 35 heavy (non-hydrogen) atoms. The summed E-state index contributed by atoms with van der Waals surface area (Å²) in [5.41, 5.74) is 8.23. The van der Waals surface area contributed by atoms with Crippen LogP contribution in [-0.4, -0.2) is 32.7 Å². The van der Waals surface area contributed by atoms with Gasteiger partial charge in [-0.1, -0.05) is 18.2 Å². The van der Waals surface area contributed by atoms with Gasteiger partial charge in [-0.15, -0.1) is 0 Å². The van der Waals surface area contributed by atoms with Gasteiger partial charge in [-0.05, 0) is 55.2 Å². The van der Waals surface area contributed by atoms with Crippen LogP contribution in [0.1, 0.15) is 69.3 Å². The number of carbonyl (C=O) groups is 2. The normalized spacial score (nSPS) is 15.7. The van der Waals surface area contributed by atoms with Gasteiger partial charge in [0.1, 0.15) is 5.82 Å². The van der Waals surface area contributed by atoms with Gasteiger partial charge in [0.2, 0.25) is 5.92 Å². The maximum absolute atomic E-state index is 13.6. The fraction of sp³-hybridized carbons (Fsp3) is 0.320. The Balaban J connectivity index is 1.52. The number of alkyl halides is 2. The van der Waals surface area contributed by atoms with Crippen LogP contribution >= 0.6 is 0 Å². The molecule has 3 aromatic rings. The van der Waals surface area contributed by atoms with E-state index in [0.717, 1.165) is 5.56 Å². The standard InChI is InChI=1S/C25H25F3N4O3/c1-14-2-5-17(26)12-19(14)23(33)30-13-15-3-6-18(7-4-15)32-22(24(34)35)20(29)21(31-32)16-8-10-25(27,28)11-9-16/h2-7,12,16H,8-11,13,29H2,1H3,(H,30,33)(H,34,35). The van der Waals surface area contributed by atoms with E-state index in [1.54, 1.807) is 31.2 Å². The third-order valence-electron chi connectivity index (χ3n) is 6.34. The van der Waals surface area contributed by atoms with E-state index in [2.05, 4.69) is 10.4 Å². The van der Waals surface area contributed by atoms with Crippen LogP contribution in [0.5, 0.6) is 0 Å². The Morgan fingerprint density at radius 1 is 1.17 bits per heavy atom. The van der Waals surface area contributed by atoms with Gasteiger partial charge in [0.05, 0.1) is 17.1 Å². The Bertz CT molecular complexity index is 1260. The highest BCUT2D eigenvalue weighted by atomic mass is 19.3. The molecule has 7 nitrogen and oxygen atoms in total. The summed E-state index contributed by atoms with van der Waals surface area (Å²) in [6, 6.07) is 10.6. The van der Waals surface area contributed by atoms with Crippen LogP contribution in [0.25, 0.3) is 5.69 Å². The SMILES string of the molecule is Cc1ccc(F)cc1C(=O)NCc1ccc(-n2nc(C3CCC(F)(F)CC3)c(N)c2C(=O)O)cc1. The molecule has 1 fully saturated rings. The zero-order chi connectivity index (χ0) is 25.3. The lowest BCUT2D eigenvalue weighted by Gasteiger charge is -2.27. The molecule has 0 radical (unpaired) electrons. The second kappa shape index (κ2) is 9.44. The number of aromatic nitrogens is 2. The number of nitrogen functional groups attached to an aromatic ring is 1. The Morgan fingerprint density at radius 2 is 1.83 bits per heavy atom. The minimum atomic E-state index is -2.72. The number of aryl methyl sites for hydroxylation is 1. The first-order chi connectivity index (χ1) is 16.6. The number of hydrogen-bond acceptors (Lipinski definition) is 4. The van der Waals surface area contributed by atoms with Gasteiger partial charge < -0.3 is 16.2 Å². The maximum atomic E-state index is 13.6. The molecule has 184 valence electrons. The van der Waals surface area contributed by atoms with Crippen molar-refractivity contribution in [1.82, 2.24) is 15.1 Å². The quantitative estimate of drug-likeness (QED) is 0.463. The van der Waals surface area contributed by atoms with E-state index in [4.69, 9.17) is 5.73 Å². The van der Waals surface area contributed by atoms with Crippen LogP contribution in [0.3, 0.4) is 0 Å². The van der Waals surface area contributed by atoms with Gasteiger partial charge in [0.25, 0.3) is 5.91 Å². The van der Waals surface area contributed by atoms with Crippen LogP contribution in [0.15, 0.2) is 42.5 Å². The fourth-order valence-electron chi connectivity index (χ4n) is 4.33. The second-order valence-electron chi connectivity index (χ2n) is 8.80. The molecule has 1 heterocycles. The molecule has 1 saturated carbocycles. The molecule has 2 aromatic carbocycles. The van der Waals surface area contributed by atoms with Gasteiger partial charge in [-0.3, -0.25) is 4.79 Å². The average molecular weight is 486 g/mol. The highest BCUT2D eigenvalue weighted by Gasteiger charge is 2.38. The van der Waals surface area contributed by atoms with Crippen molar-refractivity contribution in [3.8, 4) is 5.69 Å². The molecular weight excluding hydrogens is 461 g/mol. The molecule has 0 saturated heterocycles. The molecule has 0 aliphatic heterocycles. The number of rotatable bonds is 6. The minimum Gasteiger partial charge on any atom is -0.476 e. The van der Waals surface area contributed by atoms with E-state index in [9.17, 15) is 27.9 Å². The number of nitrogens with two attached hydrogens (primary N) is 1. The zero-order valence-electron chi connectivity index (χ0n) is 19.0. The van der Waals surface area contributed by atoms with Crippen molar-refractivity contribution in [2.75, 3.05) is 5.73 Å². The van der Waals surface area contributed by atoms with Crippen molar-refractivity contribution < 1.29 is 27.9 Å². The summed E-state index contributed by atoms with van der Waals surface area (Å²) in [6.45, 7) is 1.88. The van der Waals surface area contributed by atoms with E-state index in [1.165, 1.54) is 22.9 Å². The predicted octanol–water partition coefficient (Wildman–Crippen LogP) is 4.82. The third kappa shape index (κ3) is 5.16. The summed E-state index contributed by atoms with van der Waals surface area (Å²) >= 11 is 0. The van der Waals surface area contributed by atoms with Crippen LogP contribution in [0.4, 0.5) is 18.9 Å². The third-order valence-corrected chi connectivity index (χ3v) is 6.34. The summed E-state index contributed by atoms with van der Waals surface area (Å²) in [6.07, 6.45) is -0.225. The molecule has 0 spiro atoms. The number of nitrogens with one attached hydrogen (secondary N) is 1. The first-order valence-electron chi connectivity index (χ1n) is 11.2. The van der Waals surface area contributed by atoms with Gasteiger partial charge in [0.15, 0.2) is 5.69 Å². The fourth-order valence-corrected chi connectivity index (χ4v) is 4.33. The number of anilines is 1. The molecule has 10 heteroatoms. The average Bonchev–Trinajstić information content (AvgIpc) is 3.16. The minimum absolute atomic E-state index is 0.0190. The summed E-state index contributed by atoms with van der Waals surface area (Å²) < 4.78 is 41.8. The molecule has 0 unspecified atom stereocenters. The topological polar surface area (TPSA) is 110 Å². The van der Waals surface area contributed by atoms with Crippen molar-refractivity contribution in [2.24, 2.45) is 0 Å². The van der Waals surface area contributed by atoms with Gasteiger partial charge >= 0.3 is 5.97 Å². The molecule has 4 rings (SSSR count). The number of carbonyl (C=O) groups excluding carboxylic acids is 1. The molecule has 4 N–H and O–H groups in total. The van der Waals surface area contributed by atoms with Gasteiger partial charge in [-0.2, -0.15) is 5.10 Å². The Morgan fingerprint density at radius 3 is 2.46 bits per heavy atom. The highest BCUT2D eigenvalue weighted by Crippen LogP contribution is 2.42.